The molecule has 3 aliphatic rings. The van der Waals surface area contributed by atoms with Crippen LogP contribution in [-0.4, -0.2) is 55.0 Å². The Bertz CT molecular complexity index is 532. The number of azide groups is 1. The minimum atomic E-state index is -1.30. The number of hydrogen-bond acceptors (Lipinski definition) is 8. The SMILES string of the molecule is CC1(C)O[C@@H]2[C@H](N=[N+]=[N-])C(=O)OC3(COC(=O)OC3)[C@@H]2O1. The van der Waals surface area contributed by atoms with Gasteiger partial charge in [-0.2, -0.15) is 0 Å². The third-order valence-electron chi connectivity index (χ3n) is 3.55. The van der Waals surface area contributed by atoms with E-state index < -0.39 is 41.8 Å². The lowest BCUT2D eigenvalue weighted by molar-refractivity contribution is -0.231. The summed E-state index contributed by atoms with van der Waals surface area (Å²) in [4.78, 5) is 25.7. The van der Waals surface area contributed by atoms with Crippen molar-refractivity contribution in [1.82, 2.24) is 0 Å². The summed E-state index contributed by atoms with van der Waals surface area (Å²) in [5.74, 6) is -1.77. The maximum Gasteiger partial charge on any atom is 0.508 e. The van der Waals surface area contributed by atoms with Crippen LogP contribution in [0.5, 0.6) is 0 Å². The Morgan fingerprint density at radius 1 is 1.24 bits per heavy atom. The molecule has 0 aromatic rings. The molecule has 1 spiro atoms. The second-order valence-electron chi connectivity index (χ2n) is 5.48. The van der Waals surface area contributed by atoms with E-state index in [0.717, 1.165) is 0 Å². The summed E-state index contributed by atoms with van der Waals surface area (Å²) in [7, 11) is 0. The van der Waals surface area contributed by atoms with Crippen LogP contribution >= 0.6 is 0 Å². The van der Waals surface area contributed by atoms with Crippen LogP contribution in [0.15, 0.2) is 5.11 Å². The van der Waals surface area contributed by atoms with Crippen LogP contribution in [-0.2, 0) is 28.5 Å². The van der Waals surface area contributed by atoms with Crippen molar-refractivity contribution in [2.24, 2.45) is 5.11 Å². The minimum absolute atomic E-state index is 0.207. The van der Waals surface area contributed by atoms with Gasteiger partial charge in [0.05, 0.1) is 0 Å². The van der Waals surface area contributed by atoms with Gasteiger partial charge in [-0.25, -0.2) is 4.79 Å². The molecule has 0 N–H and O–H groups in total. The van der Waals surface area contributed by atoms with Gasteiger partial charge in [0.2, 0.25) is 5.60 Å². The number of hydrogen-bond donors (Lipinski definition) is 0. The monoisotopic (exact) mass is 299 g/mol. The van der Waals surface area contributed by atoms with Gasteiger partial charge in [0.15, 0.2) is 11.8 Å². The predicted molar refractivity (Wildman–Crippen MR) is 62.9 cm³/mol. The number of carbonyl (C=O) groups is 2. The van der Waals surface area contributed by atoms with Crippen LogP contribution in [0.3, 0.4) is 0 Å². The molecular weight excluding hydrogens is 286 g/mol. The number of carbonyl (C=O) groups excluding carboxylic acids is 2. The molecule has 21 heavy (non-hydrogen) atoms. The third kappa shape index (κ3) is 2.17. The Hall–Kier alpha value is -2.03. The Balaban J connectivity index is 1.96. The fourth-order valence-electron chi connectivity index (χ4n) is 2.72. The van der Waals surface area contributed by atoms with Crippen molar-refractivity contribution in [3.8, 4) is 0 Å². The van der Waals surface area contributed by atoms with Gasteiger partial charge in [-0.05, 0) is 19.4 Å². The van der Waals surface area contributed by atoms with Gasteiger partial charge < -0.3 is 23.7 Å². The fourth-order valence-corrected chi connectivity index (χ4v) is 2.72. The van der Waals surface area contributed by atoms with Gasteiger partial charge in [-0.15, -0.1) is 0 Å². The van der Waals surface area contributed by atoms with Crippen LogP contribution in [0.4, 0.5) is 4.79 Å². The van der Waals surface area contributed by atoms with Crippen molar-refractivity contribution in [1.29, 1.82) is 0 Å². The van der Waals surface area contributed by atoms with Gasteiger partial charge in [0.25, 0.3) is 0 Å². The zero-order valence-electron chi connectivity index (χ0n) is 11.3. The number of ether oxygens (including phenoxy) is 5. The third-order valence-corrected chi connectivity index (χ3v) is 3.55. The van der Waals surface area contributed by atoms with Crippen molar-refractivity contribution in [3.05, 3.63) is 10.4 Å². The lowest BCUT2D eigenvalue weighted by Gasteiger charge is -2.44. The second-order valence-corrected chi connectivity index (χ2v) is 5.48. The van der Waals surface area contributed by atoms with E-state index >= 15 is 0 Å². The Morgan fingerprint density at radius 3 is 2.52 bits per heavy atom. The summed E-state index contributed by atoms with van der Waals surface area (Å²) in [6, 6.07) is -1.16. The minimum Gasteiger partial charge on any atom is -0.448 e. The molecule has 0 amide bonds. The predicted octanol–water partition coefficient (Wildman–Crippen LogP) is 0.648. The highest BCUT2D eigenvalue weighted by Crippen LogP contribution is 2.43. The molecule has 0 aromatic carbocycles. The van der Waals surface area contributed by atoms with Gasteiger partial charge in [-0.3, -0.25) is 4.79 Å². The molecule has 3 saturated heterocycles. The van der Waals surface area contributed by atoms with E-state index in [4.69, 9.17) is 29.2 Å². The van der Waals surface area contributed by atoms with Gasteiger partial charge in [0.1, 0.15) is 25.4 Å². The molecule has 3 atom stereocenters. The van der Waals surface area contributed by atoms with Crippen LogP contribution in [0.2, 0.25) is 0 Å². The largest absolute Gasteiger partial charge is 0.508 e. The first-order chi connectivity index (χ1) is 9.87. The van der Waals surface area contributed by atoms with Gasteiger partial charge in [-0.1, -0.05) is 5.11 Å². The van der Waals surface area contributed by atoms with Crippen molar-refractivity contribution in [2.75, 3.05) is 13.2 Å². The first-order valence-electron chi connectivity index (χ1n) is 6.29. The summed E-state index contributed by atoms with van der Waals surface area (Å²) >= 11 is 0. The zero-order valence-corrected chi connectivity index (χ0v) is 11.3. The fraction of sp³-hybridized carbons (Fsp3) is 0.818. The summed E-state index contributed by atoms with van der Waals surface area (Å²) in [6.45, 7) is 2.90. The number of nitrogens with zero attached hydrogens (tertiary/aromatic N) is 3. The quantitative estimate of drug-likeness (QED) is 0.301. The Labute approximate surface area is 118 Å². The van der Waals surface area contributed by atoms with E-state index in [1.165, 1.54) is 0 Å². The molecule has 3 aliphatic heterocycles. The normalized spacial score (nSPS) is 36.0. The number of fused-ring (bicyclic) bond motifs is 2. The lowest BCUT2D eigenvalue weighted by Crippen LogP contribution is -2.66. The van der Waals surface area contributed by atoms with E-state index in [1.54, 1.807) is 13.8 Å². The van der Waals surface area contributed by atoms with Crippen LogP contribution in [0, 0.1) is 0 Å². The Morgan fingerprint density at radius 2 is 1.90 bits per heavy atom. The molecule has 3 rings (SSSR count). The topological polar surface area (TPSA) is 129 Å². The zero-order chi connectivity index (χ0) is 15.3. The second kappa shape index (κ2) is 4.48. The summed E-state index contributed by atoms with van der Waals surface area (Å²) < 4.78 is 26.4. The molecule has 10 nitrogen and oxygen atoms in total. The van der Waals surface area contributed by atoms with Crippen LogP contribution in [0.25, 0.3) is 10.4 Å². The van der Waals surface area contributed by atoms with E-state index in [1.807, 2.05) is 0 Å². The molecule has 0 radical (unpaired) electrons. The lowest BCUT2D eigenvalue weighted by atomic mass is 9.87. The van der Waals surface area contributed by atoms with Crippen LogP contribution < -0.4 is 0 Å². The summed E-state index contributed by atoms with van der Waals surface area (Å²) in [5, 5.41) is 3.42. The van der Waals surface area contributed by atoms with Gasteiger partial charge in [0, 0.05) is 4.91 Å². The average Bonchev–Trinajstić information content (AvgIpc) is 2.74. The molecule has 3 heterocycles. The van der Waals surface area contributed by atoms with E-state index in [-0.39, 0.29) is 13.2 Å². The molecule has 114 valence electrons. The summed E-state index contributed by atoms with van der Waals surface area (Å²) in [5.41, 5.74) is 7.28. The van der Waals surface area contributed by atoms with Crippen molar-refractivity contribution >= 4 is 12.1 Å². The van der Waals surface area contributed by atoms with E-state index in [0.29, 0.717) is 0 Å². The van der Waals surface area contributed by atoms with Crippen molar-refractivity contribution < 1.29 is 33.3 Å². The molecule has 0 bridgehead atoms. The smallest absolute Gasteiger partial charge is 0.448 e. The average molecular weight is 299 g/mol. The summed E-state index contributed by atoms with van der Waals surface area (Å²) in [6.07, 6.45) is -2.45. The Kier molecular flexibility index (Phi) is 2.97. The first kappa shape index (κ1) is 13.9. The van der Waals surface area contributed by atoms with Gasteiger partial charge >= 0.3 is 12.1 Å². The highest BCUT2D eigenvalue weighted by molar-refractivity contribution is 5.79. The van der Waals surface area contributed by atoms with E-state index in [2.05, 4.69) is 10.0 Å². The van der Waals surface area contributed by atoms with E-state index in [9.17, 15) is 9.59 Å². The highest BCUT2D eigenvalue weighted by Gasteiger charge is 2.64. The maximum atomic E-state index is 12.1. The van der Waals surface area contributed by atoms with Crippen LogP contribution in [0.1, 0.15) is 13.8 Å². The maximum absolute atomic E-state index is 12.1. The molecule has 0 unspecified atom stereocenters. The molecule has 0 saturated carbocycles. The molecule has 0 aliphatic carbocycles. The highest BCUT2D eigenvalue weighted by atomic mass is 16.8. The molecule has 0 aromatic heterocycles. The molecule has 3 fully saturated rings. The number of esters is 1. The van der Waals surface area contributed by atoms with Crippen molar-refractivity contribution in [2.45, 2.75) is 43.5 Å². The number of cyclic esters (lactones) is 2. The standard InChI is InChI=1S/C11H13N3O7/c1-10(2)19-6-5(13-14-12)8(15)21-11(7(6)20-10)3-17-9(16)18-4-11/h5-7H,3-4H2,1-2H3/t5-,6+,7+/m0/s1. The molecular formula is C11H13N3O7. The molecule has 10 heteroatoms. The number of rotatable bonds is 1. The first-order valence-corrected chi connectivity index (χ1v) is 6.29. The van der Waals surface area contributed by atoms with Crippen molar-refractivity contribution in [3.63, 3.8) is 0 Å².